The second-order valence-electron chi connectivity index (χ2n) is 3.75. The van der Waals surface area contributed by atoms with Crippen LogP contribution in [-0.2, 0) is 5.88 Å². The standard InChI is InChI=1S/C13H10Cl3NO/c1-8-2-3-10(16)12(6-8)18-13-5-4-9(15)11(7-14)17-13/h2-6H,7H2,1H3. The Balaban J connectivity index is 2.31. The van der Waals surface area contributed by atoms with Gasteiger partial charge in [-0.2, -0.15) is 0 Å². The number of aryl methyl sites for hydroxylation is 1. The summed E-state index contributed by atoms with van der Waals surface area (Å²) in [6.07, 6.45) is 0. The van der Waals surface area contributed by atoms with E-state index in [9.17, 15) is 0 Å². The molecular weight excluding hydrogens is 293 g/mol. The minimum Gasteiger partial charge on any atom is -0.437 e. The van der Waals surface area contributed by atoms with Gasteiger partial charge in [-0.05, 0) is 30.7 Å². The number of benzene rings is 1. The summed E-state index contributed by atoms with van der Waals surface area (Å²) in [6, 6.07) is 8.92. The molecule has 0 bridgehead atoms. The summed E-state index contributed by atoms with van der Waals surface area (Å²) in [5, 5.41) is 1.05. The maximum absolute atomic E-state index is 6.05. The molecule has 0 N–H and O–H groups in total. The van der Waals surface area contributed by atoms with Gasteiger partial charge >= 0.3 is 0 Å². The van der Waals surface area contributed by atoms with Gasteiger partial charge in [0.05, 0.1) is 21.6 Å². The Kier molecular flexibility index (Phi) is 4.33. The van der Waals surface area contributed by atoms with E-state index in [2.05, 4.69) is 4.98 Å². The average molecular weight is 303 g/mol. The van der Waals surface area contributed by atoms with Gasteiger partial charge in [-0.1, -0.05) is 29.3 Å². The Morgan fingerprint density at radius 2 is 1.83 bits per heavy atom. The number of ether oxygens (including phenoxy) is 1. The third-order valence-electron chi connectivity index (χ3n) is 2.32. The fourth-order valence-electron chi connectivity index (χ4n) is 1.42. The Labute approximate surface area is 120 Å². The van der Waals surface area contributed by atoms with Crippen molar-refractivity contribution in [1.82, 2.24) is 4.98 Å². The van der Waals surface area contributed by atoms with E-state index >= 15 is 0 Å². The first-order chi connectivity index (χ1) is 8.60. The van der Waals surface area contributed by atoms with Crippen molar-refractivity contribution < 1.29 is 4.74 Å². The molecule has 18 heavy (non-hydrogen) atoms. The fourth-order valence-corrected chi connectivity index (χ4v) is 2.02. The zero-order valence-electron chi connectivity index (χ0n) is 9.58. The van der Waals surface area contributed by atoms with E-state index in [0.717, 1.165) is 5.56 Å². The van der Waals surface area contributed by atoms with Crippen LogP contribution in [0.25, 0.3) is 0 Å². The number of rotatable bonds is 3. The quantitative estimate of drug-likeness (QED) is 0.724. The highest BCUT2D eigenvalue weighted by molar-refractivity contribution is 6.32. The molecule has 0 fully saturated rings. The van der Waals surface area contributed by atoms with E-state index in [1.807, 2.05) is 19.1 Å². The normalized spacial score (nSPS) is 10.4. The highest BCUT2D eigenvalue weighted by Gasteiger charge is 2.07. The van der Waals surface area contributed by atoms with Gasteiger partial charge in [-0.15, -0.1) is 11.6 Å². The van der Waals surface area contributed by atoms with E-state index in [-0.39, 0.29) is 5.88 Å². The number of hydrogen-bond donors (Lipinski definition) is 0. The van der Waals surface area contributed by atoms with Gasteiger partial charge in [0.2, 0.25) is 5.88 Å². The van der Waals surface area contributed by atoms with Crippen LogP contribution in [0.1, 0.15) is 11.3 Å². The molecule has 0 aliphatic carbocycles. The summed E-state index contributed by atoms with van der Waals surface area (Å²) in [5.74, 6) is 1.21. The van der Waals surface area contributed by atoms with Crippen LogP contribution in [0, 0.1) is 6.92 Å². The van der Waals surface area contributed by atoms with E-state index in [1.165, 1.54) is 0 Å². The van der Waals surface area contributed by atoms with Crippen LogP contribution < -0.4 is 4.74 Å². The zero-order valence-corrected chi connectivity index (χ0v) is 11.9. The van der Waals surface area contributed by atoms with E-state index < -0.39 is 0 Å². The van der Waals surface area contributed by atoms with Crippen LogP contribution in [0.4, 0.5) is 0 Å². The lowest BCUT2D eigenvalue weighted by Crippen LogP contribution is -1.93. The SMILES string of the molecule is Cc1ccc(Cl)c(Oc2ccc(Cl)c(CCl)n2)c1. The maximum atomic E-state index is 6.05. The Bertz CT molecular complexity index is 572. The molecule has 5 heteroatoms. The van der Waals surface area contributed by atoms with Gasteiger partial charge in [0.1, 0.15) is 5.75 Å². The van der Waals surface area contributed by atoms with Crippen molar-refractivity contribution in [3.63, 3.8) is 0 Å². The van der Waals surface area contributed by atoms with Gasteiger partial charge in [0, 0.05) is 6.07 Å². The fraction of sp³-hybridized carbons (Fsp3) is 0.154. The molecule has 0 unspecified atom stereocenters. The van der Waals surface area contributed by atoms with Crippen molar-refractivity contribution in [3.05, 3.63) is 51.6 Å². The van der Waals surface area contributed by atoms with Crippen LogP contribution in [0.2, 0.25) is 10.0 Å². The molecule has 1 aromatic heterocycles. The molecule has 0 saturated heterocycles. The van der Waals surface area contributed by atoms with E-state index in [0.29, 0.717) is 27.4 Å². The van der Waals surface area contributed by atoms with Crippen LogP contribution >= 0.6 is 34.8 Å². The molecule has 0 aliphatic rings. The Morgan fingerprint density at radius 3 is 2.56 bits per heavy atom. The summed E-state index contributed by atoms with van der Waals surface area (Å²) in [7, 11) is 0. The molecule has 2 rings (SSSR count). The number of hydrogen-bond acceptors (Lipinski definition) is 2. The molecule has 0 radical (unpaired) electrons. The highest BCUT2D eigenvalue weighted by atomic mass is 35.5. The first-order valence-electron chi connectivity index (χ1n) is 5.25. The molecule has 0 saturated carbocycles. The molecule has 0 amide bonds. The molecular formula is C13H10Cl3NO. The summed E-state index contributed by atoms with van der Waals surface area (Å²) in [4.78, 5) is 4.21. The van der Waals surface area contributed by atoms with E-state index in [1.54, 1.807) is 18.2 Å². The first kappa shape index (κ1) is 13.5. The van der Waals surface area contributed by atoms with Gasteiger partial charge in [-0.25, -0.2) is 4.98 Å². The van der Waals surface area contributed by atoms with Gasteiger partial charge < -0.3 is 4.74 Å². The number of nitrogens with zero attached hydrogens (tertiary/aromatic N) is 1. The predicted octanol–water partition coefficient (Wildman–Crippen LogP) is 5.23. The smallest absolute Gasteiger partial charge is 0.219 e. The van der Waals surface area contributed by atoms with Gasteiger partial charge in [-0.3, -0.25) is 0 Å². The Hall–Kier alpha value is -0.960. The third kappa shape index (κ3) is 3.08. The topological polar surface area (TPSA) is 22.1 Å². The Morgan fingerprint density at radius 1 is 1.11 bits per heavy atom. The van der Waals surface area contributed by atoms with Crippen molar-refractivity contribution in [2.45, 2.75) is 12.8 Å². The summed E-state index contributed by atoms with van der Waals surface area (Å²) < 4.78 is 5.63. The molecule has 1 heterocycles. The molecule has 2 aromatic rings. The van der Waals surface area contributed by atoms with Crippen molar-refractivity contribution in [3.8, 4) is 11.6 Å². The summed E-state index contributed by atoms with van der Waals surface area (Å²) in [6.45, 7) is 1.96. The number of aromatic nitrogens is 1. The molecule has 0 spiro atoms. The second-order valence-corrected chi connectivity index (χ2v) is 4.83. The van der Waals surface area contributed by atoms with Gasteiger partial charge in [0.25, 0.3) is 0 Å². The summed E-state index contributed by atoms with van der Waals surface area (Å²) in [5.41, 5.74) is 1.64. The summed E-state index contributed by atoms with van der Waals surface area (Å²) >= 11 is 17.7. The van der Waals surface area contributed by atoms with Crippen molar-refractivity contribution >= 4 is 34.8 Å². The van der Waals surface area contributed by atoms with Crippen LogP contribution in [0.3, 0.4) is 0 Å². The minimum absolute atomic E-state index is 0.234. The lowest BCUT2D eigenvalue weighted by Gasteiger charge is -2.09. The van der Waals surface area contributed by atoms with Crippen LogP contribution in [-0.4, -0.2) is 4.98 Å². The van der Waals surface area contributed by atoms with Crippen LogP contribution in [0.15, 0.2) is 30.3 Å². The third-order valence-corrected chi connectivity index (χ3v) is 3.23. The second kappa shape index (κ2) is 5.79. The van der Waals surface area contributed by atoms with Crippen molar-refractivity contribution in [2.75, 3.05) is 0 Å². The zero-order chi connectivity index (χ0) is 13.1. The molecule has 94 valence electrons. The number of halogens is 3. The van der Waals surface area contributed by atoms with E-state index in [4.69, 9.17) is 39.5 Å². The average Bonchev–Trinajstić information content (AvgIpc) is 2.36. The van der Waals surface area contributed by atoms with Crippen molar-refractivity contribution in [2.24, 2.45) is 0 Å². The molecule has 2 nitrogen and oxygen atoms in total. The largest absolute Gasteiger partial charge is 0.437 e. The molecule has 1 aromatic carbocycles. The minimum atomic E-state index is 0.234. The number of pyridine rings is 1. The monoisotopic (exact) mass is 301 g/mol. The molecule has 0 atom stereocenters. The first-order valence-corrected chi connectivity index (χ1v) is 6.54. The van der Waals surface area contributed by atoms with Gasteiger partial charge in [0.15, 0.2) is 0 Å². The lowest BCUT2D eigenvalue weighted by atomic mass is 10.2. The maximum Gasteiger partial charge on any atom is 0.219 e. The lowest BCUT2D eigenvalue weighted by molar-refractivity contribution is 0.461. The van der Waals surface area contributed by atoms with Crippen molar-refractivity contribution in [1.29, 1.82) is 0 Å². The predicted molar refractivity (Wildman–Crippen MR) is 75.1 cm³/mol. The molecule has 0 aliphatic heterocycles. The highest BCUT2D eigenvalue weighted by Crippen LogP contribution is 2.30. The van der Waals surface area contributed by atoms with Crippen LogP contribution in [0.5, 0.6) is 11.6 Å². The number of alkyl halides is 1.